The molecule has 1 aliphatic rings. The number of benzene rings is 1. The molecule has 0 aromatic heterocycles. The largest absolute Gasteiger partial charge is 0.344 e. The molecule has 0 spiro atoms. The highest BCUT2D eigenvalue weighted by atomic mass is 79.9. The molecular formula is C17H25BrN2O. The van der Waals surface area contributed by atoms with Crippen molar-refractivity contribution in [2.24, 2.45) is 11.1 Å². The SMILES string of the molecule is CN(CC(C)(C)CN)C(=O)C1(c2ccc(Br)cc2)CCC1. The van der Waals surface area contributed by atoms with Crippen LogP contribution in [0.1, 0.15) is 38.7 Å². The van der Waals surface area contributed by atoms with Gasteiger partial charge in [-0.1, -0.05) is 48.3 Å². The molecule has 116 valence electrons. The van der Waals surface area contributed by atoms with Gasteiger partial charge in [0.25, 0.3) is 0 Å². The molecule has 0 aliphatic heterocycles. The Morgan fingerprint density at radius 2 is 1.90 bits per heavy atom. The lowest BCUT2D eigenvalue weighted by molar-refractivity contribution is -0.140. The molecule has 1 fully saturated rings. The smallest absolute Gasteiger partial charge is 0.232 e. The number of rotatable bonds is 5. The monoisotopic (exact) mass is 352 g/mol. The van der Waals surface area contributed by atoms with Gasteiger partial charge in [-0.25, -0.2) is 0 Å². The topological polar surface area (TPSA) is 46.3 Å². The second-order valence-electron chi connectivity index (χ2n) is 6.97. The Hall–Kier alpha value is -0.870. The molecule has 3 nitrogen and oxygen atoms in total. The first kappa shape index (κ1) is 16.5. The van der Waals surface area contributed by atoms with Gasteiger partial charge in [0, 0.05) is 18.1 Å². The van der Waals surface area contributed by atoms with Crippen LogP contribution in [-0.4, -0.2) is 30.9 Å². The maximum atomic E-state index is 13.0. The van der Waals surface area contributed by atoms with E-state index in [1.165, 1.54) is 0 Å². The summed E-state index contributed by atoms with van der Waals surface area (Å²) in [7, 11) is 1.90. The van der Waals surface area contributed by atoms with Gasteiger partial charge in [-0.3, -0.25) is 4.79 Å². The maximum absolute atomic E-state index is 13.0. The minimum absolute atomic E-state index is 0.0466. The fraction of sp³-hybridized carbons (Fsp3) is 0.588. The molecule has 21 heavy (non-hydrogen) atoms. The lowest BCUT2D eigenvalue weighted by Gasteiger charge is -2.44. The van der Waals surface area contributed by atoms with Crippen molar-refractivity contribution in [2.75, 3.05) is 20.1 Å². The molecule has 0 radical (unpaired) electrons. The van der Waals surface area contributed by atoms with Crippen molar-refractivity contribution in [1.82, 2.24) is 4.90 Å². The van der Waals surface area contributed by atoms with Gasteiger partial charge in [0.2, 0.25) is 5.91 Å². The summed E-state index contributed by atoms with van der Waals surface area (Å²) in [4.78, 5) is 14.9. The van der Waals surface area contributed by atoms with Crippen LogP contribution >= 0.6 is 15.9 Å². The zero-order valence-corrected chi connectivity index (χ0v) is 14.7. The summed E-state index contributed by atoms with van der Waals surface area (Å²) in [5.74, 6) is 0.234. The minimum atomic E-state index is -0.319. The molecule has 2 N–H and O–H groups in total. The third-order valence-electron chi connectivity index (χ3n) is 4.58. The van der Waals surface area contributed by atoms with E-state index >= 15 is 0 Å². The number of hydrogen-bond acceptors (Lipinski definition) is 2. The molecule has 1 aliphatic carbocycles. The van der Waals surface area contributed by atoms with E-state index in [0.717, 1.165) is 29.3 Å². The summed E-state index contributed by atoms with van der Waals surface area (Å²) in [5.41, 5.74) is 6.57. The zero-order valence-electron chi connectivity index (χ0n) is 13.2. The third kappa shape index (κ3) is 3.32. The van der Waals surface area contributed by atoms with Crippen LogP contribution < -0.4 is 5.73 Å². The van der Waals surface area contributed by atoms with Gasteiger partial charge >= 0.3 is 0 Å². The van der Waals surface area contributed by atoms with Crippen molar-refractivity contribution < 1.29 is 4.79 Å². The molecule has 0 bridgehead atoms. The van der Waals surface area contributed by atoms with Crippen molar-refractivity contribution in [2.45, 2.75) is 38.5 Å². The molecule has 0 unspecified atom stereocenters. The lowest BCUT2D eigenvalue weighted by Crippen LogP contribution is -2.52. The van der Waals surface area contributed by atoms with Crippen molar-refractivity contribution in [3.8, 4) is 0 Å². The van der Waals surface area contributed by atoms with Crippen LogP contribution in [0.4, 0.5) is 0 Å². The standard InChI is InChI=1S/C17H25BrN2O/c1-16(2,11-19)12-20(3)15(21)17(9-4-10-17)13-5-7-14(18)8-6-13/h5-8H,4,9-12,19H2,1-3H3. The first-order valence-corrected chi connectivity index (χ1v) is 8.32. The molecular weight excluding hydrogens is 328 g/mol. The average molecular weight is 353 g/mol. The van der Waals surface area contributed by atoms with E-state index in [1.54, 1.807) is 0 Å². The summed E-state index contributed by atoms with van der Waals surface area (Å²) in [6.45, 7) is 5.48. The van der Waals surface area contributed by atoms with Gasteiger partial charge in [-0.05, 0) is 42.5 Å². The number of likely N-dealkylation sites (N-methyl/N-ethyl adjacent to an activating group) is 1. The number of nitrogens with zero attached hydrogens (tertiary/aromatic N) is 1. The summed E-state index contributed by atoms with van der Waals surface area (Å²) in [6.07, 6.45) is 3.01. The summed E-state index contributed by atoms with van der Waals surface area (Å²) in [5, 5.41) is 0. The normalized spacial score (nSPS) is 17.2. The highest BCUT2D eigenvalue weighted by molar-refractivity contribution is 9.10. The second kappa shape index (κ2) is 6.09. The third-order valence-corrected chi connectivity index (χ3v) is 5.11. The zero-order chi connectivity index (χ0) is 15.7. The van der Waals surface area contributed by atoms with Gasteiger partial charge in [-0.15, -0.1) is 0 Å². The summed E-state index contributed by atoms with van der Waals surface area (Å²) < 4.78 is 1.05. The van der Waals surface area contributed by atoms with Crippen LogP contribution in [0, 0.1) is 5.41 Å². The second-order valence-corrected chi connectivity index (χ2v) is 7.89. The van der Waals surface area contributed by atoms with Gasteiger partial charge in [-0.2, -0.15) is 0 Å². The Morgan fingerprint density at radius 3 is 2.33 bits per heavy atom. The predicted octanol–water partition coefficient (Wildman–Crippen LogP) is 3.31. The Balaban J connectivity index is 2.20. The predicted molar refractivity (Wildman–Crippen MR) is 90.1 cm³/mol. The number of halogens is 1. The molecule has 1 aromatic carbocycles. The number of amides is 1. The van der Waals surface area contributed by atoms with E-state index < -0.39 is 0 Å². The van der Waals surface area contributed by atoms with E-state index in [2.05, 4.69) is 41.9 Å². The van der Waals surface area contributed by atoms with Crippen LogP contribution in [0.3, 0.4) is 0 Å². The maximum Gasteiger partial charge on any atom is 0.232 e. The van der Waals surface area contributed by atoms with Crippen molar-refractivity contribution in [3.63, 3.8) is 0 Å². The summed E-state index contributed by atoms with van der Waals surface area (Å²) >= 11 is 3.46. The molecule has 1 amide bonds. The van der Waals surface area contributed by atoms with Crippen LogP contribution in [0.15, 0.2) is 28.7 Å². The van der Waals surface area contributed by atoms with Gasteiger partial charge < -0.3 is 10.6 Å². The van der Waals surface area contributed by atoms with E-state index in [9.17, 15) is 4.79 Å². The number of carbonyl (C=O) groups is 1. The van der Waals surface area contributed by atoms with Gasteiger partial charge in [0.1, 0.15) is 0 Å². The number of hydrogen-bond donors (Lipinski definition) is 1. The van der Waals surface area contributed by atoms with Crippen LogP contribution in [-0.2, 0) is 10.2 Å². The van der Waals surface area contributed by atoms with Gasteiger partial charge in [0.15, 0.2) is 0 Å². The molecule has 0 atom stereocenters. The first-order chi connectivity index (χ1) is 9.81. The van der Waals surface area contributed by atoms with Crippen LogP contribution in [0.5, 0.6) is 0 Å². The fourth-order valence-corrected chi connectivity index (χ4v) is 3.33. The van der Waals surface area contributed by atoms with E-state index in [-0.39, 0.29) is 16.7 Å². The number of carbonyl (C=O) groups excluding carboxylic acids is 1. The Labute approximate surface area is 136 Å². The Morgan fingerprint density at radius 1 is 1.33 bits per heavy atom. The minimum Gasteiger partial charge on any atom is -0.344 e. The first-order valence-electron chi connectivity index (χ1n) is 7.52. The molecule has 1 saturated carbocycles. The highest BCUT2D eigenvalue weighted by Crippen LogP contribution is 2.45. The highest BCUT2D eigenvalue weighted by Gasteiger charge is 2.47. The lowest BCUT2D eigenvalue weighted by atomic mass is 9.63. The molecule has 2 rings (SSSR count). The fourth-order valence-electron chi connectivity index (χ4n) is 3.07. The average Bonchev–Trinajstić information content (AvgIpc) is 2.39. The van der Waals surface area contributed by atoms with Crippen molar-refractivity contribution in [1.29, 1.82) is 0 Å². The van der Waals surface area contributed by atoms with Gasteiger partial charge in [0.05, 0.1) is 5.41 Å². The van der Waals surface area contributed by atoms with Crippen molar-refractivity contribution >= 4 is 21.8 Å². The van der Waals surface area contributed by atoms with E-state index in [1.807, 2.05) is 24.1 Å². The quantitative estimate of drug-likeness (QED) is 0.883. The summed E-state index contributed by atoms with van der Waals surface area (Å²) in [6, 6.07) is 8.19. The van der Waals surface area contributed by atoms with E-state index in [0.29, 0.717) is 13.1 Å². The van der Waals surface area contributed by atoms with Crippen molar-refractivity contribution in [3.05, 3.63) is 34.3 Å². The molecule has 0 heterocycles. The Kier molecular flexibility index (Phi) is 4.79. The van der Waals surface area contributed by atoms with Crippen LogP contribution in [0.25, 0.3) is 0 Å². The number of nitrogens with two attached hydrogens (primary N) is 1. The Bertz CT molecular complexity index is 506. The molecule has 4 heteroatoms. The van der Waals surface area contributed by atoms with E-state index in [4.69, 9.17) is 5.73 Å². The molecule has 1 aromatic rings. The molecule has 0 saturated heterocycles. The van der Waals surface area contributed by atoms with Crippen LogP contribution in [0.2, 0.25) is 0 Å².